The van der Waals surface area contributed by atoms with Gasteiger partial charge in [-0.1, -0.05) is 23.7 Å². The summed E-state index contributed by atoms with van der Waals surface area (Å²) in [6.07, 6.45) is 2.03. The Kier molecular flexibility index (Phi) is 3.06. The summed E-state index contributed by atoms with van der Waals surface area (Å²) in [4.78, 5) is 11.0. The fourth-order valence-electron chi connectivity index (χ4n) is 2.46. The van der Waals surface area contributed by atoms with E-state index in [1.54, 1.807) is 0 Å². The Labute approximate surface area is 110 Å². The maximum atomic E-state index is 9.37. The van der Waals surface area contributed by atoms with Crippen molar-refractivity contribution in [3.05, 3.63) is 29.4 Å². The first-order valence-corrected chi connectivity index (χ1v) is 6.47. The summed E-state index contributed by atoms with van der Waals surface area (Å²) in [5.74, 6) is 0.687. The number of benzene rings is 1. The summed E-state index contributed by atoms with van der Waals surface area (Å²) in [6, 6.07) is 7.78. The lowest BCUT2D eigenvalue weighted by Crippen LogP contribution is -2.33. The molecule has 1 aromatic heterocycles. The van der Waals surface area contributed by atoms with Gasteiger partial charge in [0.05, 0.1) is 23.7 Å². The van der Waals surface area contributed by atoms with Crippen LogP contribution in [-0.4, -0.2) is 34.3 Å². The molecule has 3 rings (SSSR count). The molecule has 0 aliphatic carbocycles. The zero-order valence-electron chi connectivity index (χ0n) is 9.88. The molecule has 0 saturated carbocycles. The minimum Gasteiger partial charge on any atom is -0.394 e. The van der Waals surface area contributed by atoms with Crippen LogP contribution in [0.1, 0.15) is 12.8 Å². The molecule has 0 bridgehead atoms. The Morgan fingerprint density at radius 1 is 1.28 bits per heavy atom. The third-order valence-electron chi connectivity index (χ3n) is 3.37. The number of para-hydroxylation sites is 2. The van der Waals surface area contributed by atoms with Gasteiger partial charge >= 0.3 is 0 Å². The van der Waals surface area contributed by atoms with E-state index in [-0.39, 0.29) is 12.6 Å². The van der Waals surface area contributed by atoms with Gasteiger partial charge in [-0.15, -0.1) is 0 Å². The first-order valence-electron chi connectivity index (χ1n) is 6.09. The number of nitrogens with zero attached hydrogens (tertiary/aromatic N) is 3. The van der Waals surface area contributed by atoms with E-state index < -0.39 is 0 Å². The Balaban J connectivity index is 2.08. The van der Waals surface area contributed by atoms with E-state index in [1.807, 2.05) is 24.3 Å². The fourth-order valence-corrected chi connectivity index (χ4v) is 2.70. The second kappa shape index (κ2) is 4.71. The van der Waals surface area contributed by atoms with Crippen molar-refractivity contribution in [1.29, 1.82) is 0 Å². The van der Waals surface area contributed by atoms with Crippen LogP contribution in [0.4, 0.5) is 5.82 Å². The largest absolute Gasteiger partial charge is 0.394 e. The molecule has 1 aliphatic heterocycles. The van der Waals surface area contributed by atoms with Gasteiger partial charge in [-0.05, 0) is 25.0 Å². The lowest BCUT2D eigenvalue weighted by atomic mass is 10.2. The van der Waals surface area contributed by atoms with Crippen LogP contribution in [0.2, 0.25) is 5.15 Å². The topological polar surface area (TPSA) is 49.2 Å². The Morgan fingerprint density at radius 3 is 2.72 bits per heavy atom. The predicted molar refractivity (Wildman–Crippen MR) is 72.0 cm³/mol. The quantitative estimate of drug-likeness (QED) is 0.903. The molecule has 1 atom stereocenters. The molecule has 5 heteroatoms. The predicted octanol–water partition coefficient (Wildman–Crippen LogP) is 2.24. The highest BCUT2D eigenvalue weighted by Crippen LogP contribution is 2.30. The van der Waals surface area contributed by atoms with Gasteiger partial charge in [-0.2, -0.15) is 0 Å². The SMILES string of the molecule is OC[C@H]1CCCN1c1nc2ccccc2nc1Cl. The molecule has 0 amide bonds. The summed E-state index contributed by atoms with van der Waals surface area (Å²) < 4.78 is 0. The molecule has 18 heavy (non-hydrogen) atoms. The monoisotopic (exact) mass is 263 g/mol. The van der Waals surface area contributed by atoms with Crippen molar-refractivity contribution in [1.82, 2.24) is 9.97 Å². The van der Waals surface area contributed by atoms with Crippen molar-refractivity contribution in [3.63, 3.8) is 0 Å². The average Bonchev–Trinajstić information content (AvgIpc) is 2.86. The number of halogens is 1. The van der Waals surface area contributed by atoms with Crippen LogP contribution in [0.15, 0.2) is 24.3 Å². The van der Waals surface area contributed by atoms with Gasteiger partial charge in [0.15, 0.2) is 11.0 Å². The van der Waals surface area contributed by atoms with E-state index in [1.165, 1.54) is 0 Å². The lowest BCUT2D eigenvalue weighted by Gasteiger charge is -2.24. The molecular weight excluding hydrogens is 250 g/mol. The minimum atomic E-state index is 0.109. The molecular formula is C13H14ClN3O. The van der Waals surface area contributed by atoms with E-state index in [0.29, 0.717) is 11.0 Å². The van der Waals surface area contributed by atoms with Crippen molar-refractivity contribution in [2.24, 2.45) is 0 Å². The third kappa shape index (κ3) is 1.91. The van der Waals surface area contributed by atoms with E-state index >= 15 is 0 Å². The van der Waals surface area contributed by atoms with Crippen LogP contribution < -0.4 is 4.90 Å². The van der Waals surface area contributed by atoms with Gasteiger partial charge in [0, 0.05) is 6.54 Å². The number of aliphatic hydroxyl groups is 1. The summed E-state index contributed by atoms with van der Waals surface area (Å²) in [5.41, 5.74) is 1.63. The Morgan fingerprint density at radius 2 is 2.00 bits per heavy atom. The van der Waals surface area contributed by atoms with Crippen molar-refractivity contribution in [3.8, 4) is 0 Å². The molecule has 2 aromatic rings. The van der Waals surface area contributed by atoms with Crippen LogP contribution in [0.5, 0.6) is 0 Å². The van der Waals surface area contributed by atoms with Gasteiger partial charge in [0.2, 0.25) is 0 Å². The molecule has 1 fully saturated rings. The van der Waals surface area contributed by atoms with E-state index in [4.69, 9.17) is 11.6 Å². The zero-order valence-corrected chi connectivity index (χ0v) is 10.6. The molecule has 0 spiro atoms. The number of aromatic nitrogens is 2. The summed E-state index contributed by atoms with van der Waals surface area (Å²) >= 11 is 6.21. The first-order chi connectivity index (χ1) is 8.79. The third-order valence-corrected chi connectivity index (χ3v) is 3.62. The average molecular weight is 264 g/mol. The number of hydrogen-bond donors (Lipinski definition) is 1. The standard InChI is InChI=1S/C13H14ClN3O/c14-12-13(17-7-3-4-9(17)8-18)16-11-6-2-1-5-10(11)15-12/h1-2,5-6,9,18H,3-4,7-8H2/t9-/m1/s1. The molecule has 1 saturated heterocycles. The van der Waals surface area contributed by atoms with Gasteiger partial charge in [0.1, 0.15) is 0 Å². The molecule has 94 valence electrons. The van der Waals surface area contributed by atoms with Crippen molar-refractivity contribution >= 4 is 28.5 Å². The highest BCUT2D eigenvalue weighted by atomic mass is 35.5. The second-order valence-electron chi connectivity index (χ2n) is 4.50. The first kappa shape index (κ1) is 11.7. The van der Waals surface area contributed by atoms with E-state index in [2.05, 4.69) is 14.9 Å². The number of anilines is 1. The molecule has 0 radical (unpaired) electrons. The second-order valence-corrected chi connectivity index (χ2v) is 4.86. The highest BCUT2D eigenvalue weighted by Gasteiger charge is 2.27. The number of fused-ring (bicyclic) bond motifs is 1. The minimum absolute atomic E-state index is 0.109. The van der Waals surface area contributed by atoms with Gasteiger partial charge in [-0.25, -0.2) is 9.97 Å². The van der Waals surface area contributed by atoms with Crippen LogP contribution in [0.25, 0.3) is 11.0 Å². The van der Waals surface area contributed by atoms with Crippen LogP contribution in [0, 0.1) is 0 Å². The highest BCUT2D eigenvalue weighted by molar-refractivity contribution is 6.32. The normalized spacial score (nSPS) is 19.7. The molecule has 2 heterocycles. The molecule has 1 aromatic carbocycles. The van der Waals surface area contributed by atoms with Crippen LogP contribution >= 0.6 is 11.6 Å². The van der Waals surface area contributed by atoms with E-state index in [9.17, 15) is 5.11 Å². The molecule has 1 aliphatic rings. The summed E-state index contributed by atoms with van der Waals surface area (Å²) in [5, 5.41) is 9.78. The smallest absolute Gasteiger partial charge is 0.172 e. The van der Waals surface area contributed by atoms with Crippen molar-refractivity contribution < 1.29 is 5.11 Å². The number of hydrogen-bond acceptors (Lipinski definition) is 4. The summed E-state index contributed by atoms with van der Waals surface area (Å²) in [7, 11) is 0. The molecule has 4 nitrogen and oxygen atoms in total. The fraction of sp³-hybridized carbons (Fsp3) is 0.385. The van der Waals surface area contributed by atoms with Crippen molar-refractivity contribution in [2.45, 2.75) is 18.9 Å². The molecule has 0 unspecified atom stereocenters. The summed E-state index contributed by atoms with van der Waals surface area (Å²) in [6.45, 7) is 1.00. The Hall–Kier alpha value is -1.39. The number of rotatable bonds is 2. The Bertz CT molecular complexity index is 575. The van der Waals surface area contributed by atoms with Crippen LogP contribution in [-0.2, 0) is 0 Å². The van der Waals surface area contributed by atoms with Gasteiger partial charge < -0.3 is 10.0 Å². The van der Waals surface area contributed by atoms with Crippen LogP contribution in [0.3, 0.4) is 0 Å². The molecule has 1 N–H and O–H groups in total. The maximum Gasteiger partial charge on any atom is 0.172 e. The van der Waals surface area contributed by atoms with Gasteiger partial charge in [-0.3, -0.25) is 0 Å². The zero-order chi connectivity index (χ0) is 12.5. The van der Waals surface area contributed by atoms with Gasteiger partial charge in [0.25, 0.3) is 0 Å². The number of aliphatic hydroxyl groups excluding tert-OH is 1. The van der Waals surface area contributed by atoms with Crippen molar-refractivity contribution in [2.75, 3.05) is 18.1 Å². The maximum absolute atomic E-state index is 9.37. The van der Waals surface area contributed by atoms with E-state index in [0.717, 1.165) is 30.4 Å². The lowest BCUT2D eigenvalue weighted by molar-refractivity contribution is 0.266.